The number of aryl methyl sites for hydroxylation is 1. The fraction of sp³-hybridized carbons (Fsp3) is 0.727. The van der Waals surface area contributed by atoms with Gasteiger partial charge in [-0.3, -0.25) is 0 Å². The largest absolute Gasteiger partial charge is 0.508 e. The Balaban J connectivity index is 2.93. The molecule has 1 aromatic carbocycles. The van der Waals surface area contributed by atoms with E-state index in [0.717, 1.165) is 12.0 Å². The summed E-state index contributed by atoms with van der Waals surface area (Å²) in [6.45, 7) is 15.5. The lowest BCUT2D eigenvalue weighted by Gasteiger charge is -2.28. The number of phenols is 1. The molecular weight excluding hydrogens is 280 g/mol. The van der Waals surface area contributed by atoms with Crippen molar-refractivity contribution >= 4 is 0 Å². The van der Waals surface area contributed by atoms with Crippen molar-refractivity contribution in [2.24, 2.45) is 0 Å². The summed E-state index contributed by atoms with van der Waals surface area (Å²) in [5, 5.41) is 10.5. The van der Waals surface area contributed by atoms with Gasteiger partial charge in [0.15, 0.2) is 0 Å². The third-order valence-corrected chi connectivity index (χ3v) is 4.64. The summed E-state index contributed by atoms with van der Waals surface area (Å²) in [5.74, 6) is 0.453. The summed E-state index contributed by atoms with van der Waals surface area (Å²) >= 11 is 0. The van der Waals surface area contributed by atoms with Gasteiger partial charge in [-0.25, -0.2) is 0 Å². The van der Waals surface area contributed by atoms with E-state index in [1.165, 1.54) is 49.7 Å². The summed E-state index contributed by atoms with van der Waals surface area (Å²) < 4.78 is 0. The lowest BCUT2D eigenvalue weighted by Crippen LogP contribution is -2.18. The van der Waals surface area contributed by atoms with Gasteiger partial charge in [0.25, 0.3) is 0 Å². The van der Waals surface area contributed by atoms with Crippen LogP contribution in [0.4, 0.5) is 0 Å². The zero-order chi connectivity index (χ0) is 17.7. The van der Waals surface area contributed by atoms with Gasteiger partial charge < -0.3 is 5.11 Å². The summed E-state index contributed by atoms with van der Waals surface area (Å²) in [6.07, 6.45) is 9.08. The standard InChI is InChI=1S/C22H38O/c1-8-9-10-11-12-13-14-17-15-19(22(5,6)7)20(23)16-18(17)21(2,3)4/h15-16,23H,8-14H2,1-7H3. The van der Waals surface area contributed by atoms with Crippen molar-refractivity contribution in [1.29, 1.82) is 0 Å². The molecule has 0 aliphatic rings. The van der Waals surface area contributed by atoms with E-state index >= 15 is 0 Å². The van der Waals surface area contributed by atoms with E-state index in [1.807, 2.05) is 6.07 Å². The van der Waals surface area contributed by atoms with Crippen molar-refractivity contribution in [3.05, 3.63) is 28.8 Å². The number of hydrogen-bond donors (Lipinski definition) is 1. The van der Waals surface area contributed by atoms with Crippen molar-refractivity contribution < 1.29 is 5.11 Å². The average molecular weight is 319 g/mol. The summed E-state index contributed by atoms with van der Waals surface area (Å²) in [6, 6.07) is 4.29. The molecule has 1 nitrogen and oxygen atoms in total. The Hall–Kier alpha value is -0.980. The predicted octanol–water partition coefficient (Wildman–Crippen LogP) is 6.89. The Kier molecular flexibility index (Phi) is 7.17. The van der Waals surface area contributed by atoms with Crippen molar-refractivity contribution in [3.63, 3.8) is 0 Å². The molecule has 1 heteroatoms. The van der Waals surface area contributed by atoms with E-state index in [2.05, 4.69) is 54.5 Å². The molecular formula is C22H38O. The third kappa shape index (κ3) is 6.20. The molecule has 0 aliphatic heterocycles. The van der Waals surface area contributed by atoms with E-state index in [9.17, 15) is 5.11 Å². The fourth-order valence-electron chi connectivity index (χ4n) is 3.23. The quantitative estimate of drug-likeness (QED) is 0.543. The lowest BCUT2D eigenvalue weighted by molar-refractivity contribution is 0.441. The highest BCUT2D eigenvalue weighted by atomic mass is 16.3. The van der Waals surface area contributed by atoms with Gasteiger partial charge >= 0.3 is 0 Å². The highest BCUT2D eigenvalue weighted by Gasteiger charge is 2.24. The van der Waals surface area contributed by atoms with Crippen LogP contribution >= 0.6 is 0 Å². The van der Waals surface area contributed by atoms with Crippen LogP contribution in [0.3, 0.4) is 0 Å². The van der Waals surface area contributed by atoms with E-state index in [0.29, 0.717) is 5.75 Å². The number of unbranched alkanes of at least 4 members (excludes halogenated alkanes) is 5. The van der Waals surface area contributed by atoms with Crippen LogP contribution in [-0.4, -0.2) is 5.11 Å². The lowest BCUT2D eigenvalue weighted by atomic mass is 9.78. The number of rotatable bonds is 7. The zero-order valence-electron chi connectivity index (χ0n) is 16.6. The molecule has 0 spiro atoms. The molecule has 0 amide bonds. The van der Waals surface area contributed by atoms with Crippen LogP contribution in [-0.2, 0) is 17.3 Å². The van der Waals surface area contributed by atoms with E-state index in [-0.39, 0.29) is 10.8 Å². The maximum absolute atomic E-state index is 10.5. The maximum Gasteiger partial charge on any atom is 0.119 e. The number of phenolic OH excluding ortho intramolecular Hbond substituents is 1. The predicted molar refractivity (Wildman–Crippen MR) is 103 cm³/mol. The minimum absolute atomic E-state index is 0.0175. The summed E-state index contributed by atoms with van der Waals surface area (Å²) in [7, 11) is 0. The molecule has 0 aliphatic carbocycles. The molecule has 0 saturated carbocycles. The Morgan fingerprint density at radius 3 is 1.78 bits per heavy atom. The molecule has 1 aromatic rings. The van der Waals surface area contributed by atoms with Crippen molar-refractivity contribution in [2.45, 2.75) is 104 Å². The van der Waals surface area contributed by atoms with Crippen LogP contribution in [0, 0.1) is 0 Å². The SMILES string of the molecule is CCCCCCCCc1cc(C(C)(C)C)c(O)cc1C(C)(C)C. The first kappa shape index (κ1) is 20.1. The second-order valence-electron chi connectivity index (χ2n) is 9.04. The molecule has 132 valence electrons. The Bertz CT molecular complexity index is 486. The molecule has 0 aromatic heterocycles. The van der Waals surface area contributed by atoms with Crippen LogP contribution < -0.4 is 0 Å². The van der Waals surface area contributed by atoms with Crippen LogP contribution in [0.15, 0.2) is 12.1 Å². The van der Waals surface area contributed by atoms with E-state index in [1.54, 1.807) is 0 Å². The second kappa shape index (κ2) is 8.22. The molecule has 0 bridgehead atoms. The van der Waals surface area contributed by atoms with Crippen LogP contribution in [0.2, 0.25) is 0 Å². The van der Waals surface area contributed by atoms with Gasteiger partial charge in [-0.15, -0.1) is 0 Å². The van der Waals surface area contributed by atoms with E-state index in [4.69, 9.17) is 0 Å². The normalized spacial score (nSPS) is 12.7. The first-order valence-corrected chi connectivity index (χ1v) is 9.44. The number of benzene rings is 1. The van der Waals surface area contributed by atoms with E-state index < -0.39 is 0 Å². The molecule has 23 heavy (non-hydrogen) atoms. The van der Waals surface area contributed by atoms with Crippen molar-refractivity contribution in [2.75, 3.05) is 0 Å². The van der Waals surface area contributed by atoms with Crippen LogP contribution in [0.5, 0.6) is 5.75 Å². The monoisotopic (exact) mass is 318 g/mol. The molecule has 0 heterocycles. The van der Waals surface area contributed by atoms with Crippen molar-refractivity contribution in [3.8, 4) is 5.75 Å². The molecule has 0 saturated heterocycles. The first-order valence-electron chi connectivity index (χ1n) is 9.44. The molecule has 1 N–H and O–H groups in total. The molecule has 0 radical (unpaired) electrons. The smallest absolute Gasteiger partial charge is 0.119 e. The number of aromatic hydroxyl groups is 1. The van der Waals surface area contributed by atoms with Crippen LogP contribution in [0.25, 0.3) is 0 Å². The summed E-state index contributed by atoms with van der Waals surface area (Å²) in [4.78, 5) is 0. The van der Waals surface area contributed by atoms with Gasteiger partial charge in [0.1, 0.15) is 5.75 Å². The second-order valence-corrected chi connectivity index (χ2v) is 9.04. The highest BCUT2D eigenvalue weighted by molar-refractivity contribution is 5.47. The van der Waals surface area contributed by atoms with Gasteiger partial charge in [0.2, 0.25) is 0 Å². The van der Waals surface area contributed by atoms with Crippen molar-refractivity contribution in [1.82, 2.24) is 0 Å². The Morgan fingerprint density at radius 1 is 0.739 bits per heavy atom. The third-order valence-electron chi connectivity index (χ3n) is 4.64. The zero-order valence-corrected chi connectivity index (χ0v) is 16.6. The Labute approximate surface area is 144 Å². The fourth-order valence-corrected chi connectivity index (χ4v) is 3.23. The van der Waals surface area contributed by atoms with Crippen LogP contribution in [0.1, 0.15) is 104 Å². The van der Waals surface area contributed by atoms with Gasteiger partial charge in [-0.1, -0.05) is 86.6 Å². The van der Waals surface area contributed by atoms with Gasteiger partial charge in [0, 0.05) is 0 Å². The van der Waals surface area contributed by atoms with Gasteiger partial charge in [0.05, 0.1) is 0 Å². The summed E-state index contributed by atoms with van der Waals surface area (Å²) in [5.41, 5.74) is 3.86. The first-order chi connectivity index (χ1) is 10.6. The molecule has 0 fully saturated rings. The molecule has 0 unspecified atom stereocenters. The average Bonchev–Trinajstić information content (AvgIpc) is 2.41. The van der Waals surface area contributed by atoms with Gasteiger partial charge in [-0.05, 0) is 46.4 Å². The minimum atomic E-state index is -0.0175. The Morgan fingerprint density at radius 2 is 1.26 bits per heavy atom. The number of hydrogen-bond acceptors (Lipinski definition) is 1. The maximum atomic E-state index is 10.5. The topological polar surface area (TPSA) is 20.2 Å². The highest BCUT2D eigenvalue weighted by Crippen LogP contribution is 2.37. The molecule has 0 atom stereocenters. The van der Waals surface area contributed by atoms with Gasteiger partial charge in [-0.2, -0.15) is 0 Å². The minimum Gasteiger partial charge on any atom is -0.508 e. The molecule has 1 rings (SSSR count).